The number of aromatic nitrogens is 1. The second-order valence-electron chi connectivity index (χ2n) is 5.81. The van der Waals surface area contributed by atoms with Crippen LogP contribution in [0.25, 0.3) is 0 Å². The highest BCUT2D eigenvalue weighted by molar-refractivity contribution is 7.10. The van der Waals surface area contributed by atoms with Gasteiger partial charge < -0.3 is 10.4 Å². The van der Waals surface area contributed by atoms with Crippen molar-refractivity contribution in [3.05, 3.63) is 52.5 Å². The van der Waals surface area contributed by atoms with Crippen LogP contribution in [0.5, 0.6) is 0 Å². The summed E-state index contributed by atoms with van der Waals surface area (Å²) in [5, 5.41) is 15.4. The molecule has 2 aromatic heterocycles. The van der Waals surface area contributed by atoms with Crippen LogP contribution in [0.2, 0.25) is 0 Å². The van der Waals surface area contributed by atoms with Crippen molar-refractivity contribution < 1.29 is 5.11 Å². The van der Waals surface area contributed by atoms with Crippen LogP contribution in [-0.4, -0.2) is 23.2 Å². The number of rotatable bonds is 8. The largest absolute Gasteiger partial charge is 0.396 e. The monoisotopic (exact) mass is 302 g/mol. The van der Waals surface area contributed by atoms with Gasteiger partial charge in [-0.25, -0.2) is 0 Å². The lowest BCUT2D eigenvalue weighted by atomic mass is 10.0. The zero-order valence-electron chi connectivity index (χ0n) is 12.1. The number of nitrogens with zero attached hydrogens (tertiary/aromatic N) is 1. The summed E-state index contributed by atoms with van der Waals surface area (Å²) in [5.74, 6) is 0.999. The highest BCUT2D eigenvalue weighted by Gasteiger charge is 2.32. The van der Waals surface area contributed by atoms with Crippen molar-refractivity contribution in [2.45, 2.75) is 25.3 Å². The third kappa shape index (κ3) is 4.13. The Morgan fingerprint density at radius 1 is 1.29 bits per heavy atom. The molecule has 1 saturated carbocycles. The van der Waals surface area contributed by atoms with E-state index in [1.165, 1.54) is 17.7 Å². The molecule has 21 heavy (non-hydrogen) atoms. The van der Waals surface area contributed by atoms with Gasteiger partial charge in [-0.3, -0.25) is 4.98 Å². The first-order valence-electron chi connectivity index (χ1n) is 7.64. The standard InChI is InChI=1S/C17H22N2OS/c20-12-13(10-15-4-1-2-8-18-15)11-19-17(14-6-7-14)16-5-3-9-21-16/h1-5,8-9,13-14,17,19-20H,6-7,10-12H2. The fourth-order valence-corrected chi connectivity index (χ4v) is 3.60. The fraction of sp³-hybridized carbons (Fsp3) is 0.471. The summed E-state index contributed by atoms with van der Waals surface area (Å²) >= 11 is 1.83. The molecule has 2 heterocycles. The molecular formula is C17H22N2OS. The van der Waals surface area contributed by atoms with E-state index in [0.717, 1.165) is 24.6 Å². The Labute approximate surface area is 130 Å². The second-order valence-corrected chi connectivity index (χ2v) is 6.79. The van der Waals surface area contributed by atoms with Crippen LogP contribution in [0.4, 0.5) is 0 Å². The van der Waals surface area contributed by atoms with E-state index in [-0.39, 0.29) is 12.5 Å². The highest BCUT2D eigenvalue weighted by Crippen LogP contribution is 2.42. The molecular weight excluding hydrogens is 280 g/mol. The predicted octanol–water partition coefficient (Wildman–Crippen LogP) is 3.04. The summed E-state index contributed by atoms with van der Waals surface area (Å²) in [4.78, 5) is 5.78. The summed E-state index contributed by atoms with van der Waals surface area (Å²) in [6.07, 6.45) is 5.28. The minimum atomic E-state index is 0.200. The van der Waals surface area contributed by atoms with E-state index >= 15 is 0 Å². The number of nitrogens with one attached hydrogen (secondary N) is 1. The Hall–Kier alpha value is -1.23. The van der Waals surface area contributed by atoms with Crippen molar-refractivity contribution in [1.29, 1.82) is 0 Å². The Kier molecular flexibility index (Phi) is 5.01. The van der Waals surface area contributed by atoms with Crippen LogP contribution in [0.3, 0.4) is 0 Å². The molecule has 0 radical (unpaired) electrons. The fourth-order valence-electron chi connectivity index (χ4n) is 2.71. The Bertz CT molecular complexity index is 525. The number of hydrogen-bond donors (Lipinski definition) is 2. The lowest BCUT2D eigenvalue weighted by Gasteiger charge is -2.21. The Balaban J connectivity index is 1.56. The van der Waals surface area contributed by atoms with E-state index in [1.807, 2.05) is 35.7 Å². The van der Waals surface area contributed by atoms with Crippen LogP contribution < -0.4 is 5.32 Å². The molecule has 3 rings (SSSR count). The van der Waals surface area contributed by atoms with Gasteiger partial charge in [0.2, 0.25) is 0 Å². The van der Waals surface area contributed by atoms with Crippen LogP contribution >= 0.6 is 11.3 Å². The molecule has 1 aliphatic rings. The predicted molar refractivity (Wildman–Crippen MR) is 86.3 cm³/mol. The van der Waals surface area contributed by atoms with Gasteiger partial charge in [0.25, 0.3) is 0 Å². The topological polar surface area (TPSA) is 45.1 Å². The first-order chi connectivity index (χ1) is 10.4. The summed E-state index contributed by atoms with van der Waals surface area (Å²) in [7, 11) is 0. The van der Waals surface area contributed by atoms with Gasteiger partial charge in [0, 0.05) is 36.0 Å². The number of pyridine rings is 1. The minimum Gasteiger partial charge on any atom is -0.396 e. The maximum Gasteiger partial charge on any atom is 0.0475 e. The zero-order chi connectivity index (χ0) is 14.5. The molecule has 0 aliphatic heterocycles. The first kappa shape index (κ1) is 14.7. The van der Waals surface area contributed by atoms with Gasteiger partial charge in [-0.1, -0.05) is 12.1 Å². The minimum absolute atomic E-state index is 0.200. The quantitative estimate of drug-likeness (QED) is 0.788. The molecule has 0 bridgehead atoms. The maximum absolute atomic E-state index is 9.62. The van der Waals surface area contributed by atoms with E-state index in [1.54, 1.807) is 0 Å². The van der Waals surface area contributed by atoms with Crippen molar-refractivity contribution in [2.75, 3.05) is 13.2 Å². The van der Waals surface area contributed by atoms with Crippen LogP contribution in [-0.2, 0) is 6.42 Å². The maximum atomic E-state index is 9.62. The Morgan fingerprint density at radius 2 is 2.19 bits per heavy atom. The summed E-state index contributed by atoms with van der Waals surface area (Å²) in [6.45, 7) is 1.04. The zero-order valence-corrected chi connectivity index (χ0v) is 12.9. The molecule has 0 amide bonds. The van der Waals surface area contributed by atoms with Crippen LogP contribution in [0.15, 0.2) is 41.9 Å². The lowest BCUT2D eigenvalue weighted by molar-refractivity contribution is 0.215. The van der Waals surface area contributed by atoms with Crippen molar-refractivity contribution in [3.63, 3.8) is 0 Å². The molecule has 0 saturated heterocycles. The molecule has 2 aromatic rings. The Morgan fingerprint density at radius 3 is 2.81 bits per heavy atom. The smallest absolute Gasteiger partial charge is 0.0475 e. The molecule has 2 unspecified atom stereocenters. The van der Waals surface area contributed by atoms with Crippen molar-refractivity contribution in [3.8, 4) is 0 Å². The van der Waals surface area contributed by atoms with Crippen LogP contribution in [0.1, 0.15) is 29.5 Å². The van der Waals surface area contributed by atoms with Gasteiger partial charge in [0.05, 0.1) is 0 Å². The summed E-state index contributed by atoms with van der Waals surface area (Å²) < 4.78 is 0. The summed E-state index contributed by atoms with van der Waals surface area (Å²) in [6, 6.07) is 10.8. The van der Waals surface area contributed by atoms with E-state index in [9.17, 15) is 5.11 Å². The lowest BCUT2D eigenvalue weighted by Crippen LogP contribution is -2.31. The van der Waals surface area contributed by atoms with Gasteiger partial charge >= 0.3 is 0 Å². The van der Waals surface area contributed by atoms with E-state index in [2.05, 4.69) is 27.8 Å². The van der Waals surface area contributed by atoms with Crippen LogP contribution in [0, 0.1) is 11.8 Å². The number of thiophene rings is 1. The molecule has 1 fully saturated rings. The van der Waals surface area contributed by atoms with Crippen molar-refractivity contribution >= 4 is 11.3 Å². The normalized spacial score (nSPS) is 17.6. The molecule has 1 aliphatic carbocycles. The first-order valence-corrected chi connectivity index (χ1v) is 8.52. The highest BCUT2D eigenvalue weighted by atomic mass is 32.1. The third-order valence-corrected chi connectivity index (χ3v) is 5.01. The molecule has 112 valence electrons. The molecule has 0 spiro atoms. The molecule has 4 heteroatoms. The number of aliphatic hydroxyl groups excluding tert-OH is 1. The average molecular weight is 302 g/mol. The molecule has 3 nitrogen and oxygen atoms in total. The second kappa shape index (κ2) is 7.16. The van der Waals surface area contributed by atoms with Gasteiger partial charge in [0.15, 0.2) is 0 Å². The number of aliphatic hydroxyl groups is 1. The average Bonchev–Trinajstić information content (AvgIpc) is 3.21. The third-order valence-electron chi connectivity index (χ3n) is 4.05. The molecule has 0 aromatic carbocycles. The van der Waals surface area contributed by atoms with Gasteiger partial charge in [0.1, 0.15) is 0 Å². The van der Waals surface area contributed by atoms with Gasteiger partial charge in [-0.05, 0) is 54.7 Å². The SMILES string of the molecule is OCC(CNC(c1cccs1)C1CC1)Cc1ccccn1. The van der Waals surface area contributed by atoms with Gasteiger partial charge in [-0.15, -0.1) is 11.3 Å². The van der Waals surface area contributed by atoms with E-state index in [0.29, 0.717) is 6.04 Å². The van der Waals surface area contributed by atoms with E-state index in [4.69, 9.17) is 0 Å². The van der Waals surface area contributed by atoms with Gasteiger partial charge in [-0.2, -0.15) is 0 Å². The van der Waals surface area contributed by atoms with Crippen molar-refractivity contribution in [2.24, 2.45) is 11.8 Å². The van der Waals surface area contributed by atoms with Crippen molar-refractivity contribution in [1.82, 2.24) is 10.3 Å². The summed E-state index contributed by atoms with van der Waals surface area (Å²) in [5.41, 5.74) is 1.05. The molecule has 2 atom stereocenters. The molecule has 2 N–H and O–H groups in total. The van der Waals surface area contributed by atoms with E-state index < -0.39 is 0 Å². The number of hydrogen-bond acceptors (Lipinski definition) is 4.